The minimum absolute atomic E-state index is 0.0556. The minimum atomic E-state index is -0.398. The SMILES string of the molecule is CCCC(=O)N(c1ccc(C)cc1)C1CCN(Cc2cc([N+](=O)[O-])ccc2Cl)CC1. The van der Waals surface area contributed by atoms with Gasteiger partial charge in [-0.05, 0) is 49.9 Å². The summed E-state index contributed by atoms with van der Waals surface area (Å²) in [6, 6.07) is 12.9. The van der Waals surface area contributed by atoms with Crippen LogP contribution >= 0.6 is 11.6 Å². The third-order valence-corrected chi connectivity index (χ3v) is 5.97. The molecule has 30 heavy (non-hydrogen) atoms. The van der Waals surface area contributed by atoms with Gasteiger partial charge in [-0.15, -0.1) is 0 Å². The maximum absolute atomic E-state index is 12.9. The number of non-ortho nitro benzene ring substituents is 1. The van der Waals surface area contributed by atoms with Crippen molar-refractivity contribution in [1.29, 1.82) is 0 Å². The van der Waals surface area contributed by atoms with E-state index in [4.69, 9.17) is 11.6 Å². The molecular formula is C23H28ClN3O3. The molecule has 0 aromatic heterocycles. The predicted octanol–water partition coefficient (Wildman–Crippen LogP) is 5.35. The Hall–Kier alpha value is -2.44. The number of halogens is 1. The average molecular weight is 430 g/mol. The molecule has 1 aliphatic heterocycles. The maximum Gasteiger partial charge on any atom is 0.269 e. The summed E-state index contributed by atoms with van der Waals surface area (Å²) in [6.07, 6.45) is 3.08. The number of hydrogen-bond acceptors (Lipinski definition) is 4. The normalized spacial score (nSPS) is 15.2. The molecule has 1 aliphatic rings. The molecule has 0 radical (unpaired) electrons. The molecule has 7 heteroatoms. The average Bonchev–Trinajstić information content (AvgIpc) is 2.72. The number of nitrogens with zero attached hydrogens (tertiary/aromatic N) is 3. The number of aryl methyl sites for hydroxylation is 1. The Kier molecular flexibility index (Phi) is 7.45. The zero-order valence-corrected chi connectivity index (χ0v) is 18.3. The van der Waals surface area contributed by atoms with Crippen molar-refractivity contribution in [3.63, 3.8) is 0 Å². The lowest BCUT2D eigenvalue weighted by atomic mass is 10.0. The van der Waals surface area contributed by atoms with Crippen LogP contribution in [0.3, 0.4) is 0 Å². The molecule has 2 aromatic rings. The molecule has 0 unspecified atom stereocenters. The summed E-state index contributed by atoms with van der Waals surface area (Å²) in [5.74, 6) is 0.168. The first-order valence-corrected chi connectivity index (χ1v) is 10.8. The molecule has 0 bridgehead atoms. The second kappa shape index (κ2) is 10.0. The van der Waals surface area contributed by atoms with Crippen LogP contribution in [-0.2, 0) is 11.3 Å². The Balaban J connectivity index is 1.69. The third kappa shape index (κ3) is 5.37. The van der Waals surface area contributed by atoms with Gasteiger partial charge in [0.05, 0.1) is 4.92 Å². The first-order chi connectivity index (χ1) is 14.4. The van der Waals surface area contributed by atoms with Gasteiger partial charge in [0.1, 0.15) is 0 Å². The first kappa shape index (κ1) is 22.2. The molecule has 2 aromatic carbocycles. The fourth-order valence-corrected chi connectivity index (χ4v) is 4.15. The molecule has 160 valence electrons. The Bertz CT molecular complexity index is 893. The van der Waals surface area contributed by atoms with Crippen molar-refractivity contribution in [1.82, 2.24) is 4.90 Å². The first-order valence-electron chi connectivity index (χ1n) is 10.4. The number of likely N-dealkylation sites (tertiary alicyclic amines) is 1. The largest absolute Gasteiger partial charge is 0.309 e. The van der Waals surface area contributed by atoms with Crippen LogP contribution in [-0.4, -0.2) is 34.9 Å². The fraction of sp³-hybridized carbons (Fsp3) is 0.435. The van der Waals surface area contributed by atoms with E-state index in [0.29, 0.717) is 18.0 Å². The van der Waals surface area contributed by atoms with Gasteiger partial charge in [0.25, 0.3) is 5.69 Å². The number of nitro benzene ring substituents is 1. The monoisotopic (exact) mass is 429 g/mol. The van der Waals surface area contributed by atoms with Crippen molar-refractivity contribution in [3.8, 4) is 0 Å². The summed E-state index contributed by atoms with van der Waals surface area (Å²) in [5.41, 5.74) is 2.95. The van der Waals surface area contributed by atoms with Crippen molar-refractivity contribution in [2.45, 2.75) is 52.1 Å². The van der Waals surface area contributed by atoms with Crippen LogP contribution in [0.4, 0.5) is 11.4 Å². The van der Waals surface area contributed by atoms with Crippen molar-refractivity contribution in [2.24, 2.45) is 0 Å². The van der Waals surface area contributed by atoms with E-state index in [1.165, 1.54) is 11.6 Å². The molecule has 1 fully saturated rings. The number of amides is 1. The van der Waals surface area contributed by atoms with Gasteiger partial charge in [-0.2, -0.15) is 0 Å². The molecule has 0 saturated carbocycles. The van der Waals surface area contributed by atoms with Gasteiger partial charge in [-0.3, -0.25) is 19.8 Å². The molecule has 3 rings (SSSR count). The topological polar surface area (TPSA) is 66.7 Å². The predicted molar refractivity (Wildman–Crippen MR) is 120 cm³/mol. The van der Waals surface area contributed by atoms with E-state index < -0.39 is 4.92 Å². The van der Waals surface area contributed by atoms with Gasteiger partial charge >= 0.3 is 0 Å². The van der Waals surface area contributed by atoms with Gasteiger partial charge in [0.15, 0.2) is 0 Å². The van der Waals surface area contributed by atoms with Gasteiger partial charge in [0.2, 0.25) is 5.91 Å². The van der Waals surface area contributed by atoms with Gasteiger partial charge < -0.3 is 4.90 Å². The molecule has 1 amide bonds. The van der Waals surface area contributed by atoms with E-state index in [9.17, 15) is 14.9 Å². The van der Waals surface area contributed by atoms with Gasteiger partial charge in [-0.1, -0.05) is 36.2 Å². The molecule has 1 saturated heterocycles. The van der Waals surface area contributed by atoms with Gasteiger partial charge in [-0.25, -0.2) is 0 Å². The molecule has 0 spiro atoms. The van der Waals surface area contributed by atoms with Crippen molar-refractivity contribution in [3.05, 3.63) is 68.7 Å². The Labute approximate surface area is 182 Å². The summed E-state index contributed by atoms with van der Waals surface area (Å²) in [5, 5.41) is 11.6. The standard InChI is InChI=1S/C23H28ClN3O3/c1-3-4-23(28)26(19-7-5-17(2)6-8-19)20-11-13-25(14-12-20)16-18-15-21(27(29)30)9-10-22(18)24/h5-10,15,20H,3-4,11-14,16H2,1-2H3. The highest BCUT2D eigenvalue weighted by Gasteiger charge is 2.29. The lowest BCUT2D eigenvalue weighted by molar-refractivity contribution is -0.384. The zero-order valence-electron chi connectivity index (χ0n) is 17.5. The zero-order chi connectivity index (χ0) is 21.7. The third-order valence-electron chi connectivity index (χ3n) is 5.60. The Morgan fingerprint density at radius 2 is 1.87 bits per heavy atom. The lowest BCUT2D eigenvalue weighted by Gasteiger charge is -2.39. The van der Waals surface area contributed by atoms with Crippen molar-refractivity contribution in [2.75, 3.05) is 18.0 Å². The second-order valence-corrected chi connectivity index (χ2v) is 8.30. The van der Waals surface area contributed by atoms with Crippen LogP contribution in [0.15, 0.2) is 42.5 Å². The van der Waals surface area contributed by atoms with E-state index in [2.05, 4.69) is 4.90 Å². The number of nitro groups is 1. The summed E-state index contributed by atoms with van der Waals surface area (Å²) < 4.78 is 0. The van der Waals surface area contributed by atoms with Crippen LogP contribution in [0.25, 0.3) is 0 Å². The van der Waals surface area contributed by atoms with E-state index in [1.807, 2.05) is 43.0 Å². The van der Waals surface area contributed by atoms with Crippen LogP contribution in [0.2, 0.25) is 5.02 Å². The number of carbonyl (C=O) groups is 1. The van der Waals surface area contributed by atoms with E-state index in [1.54, 1.807) is 12.1 Å². The van der Waals surface area contributed by atoms with Crippen molar-refractivity contribution < 1.29 is 9.72 Å². The smallest absolute Gasteiger partial charge is 0.269 e. The Morgan fingerprint density at radius 1 is 1.20 bits per heavy atom. The van der Waals surface area contributed by atoms with Gasteiger partial charge in [0, 0.05) is 54.9 Å². The number of benzene rings is 2. The highest BCUT2D eigenvalue weighted by atomic mass is 35.5. The maximum atomic E-state index is 12.9. The van der Waals surface area contributed by atoms with Crippen LogP contribution in [0.1, 0.15) is 43.7 Å². The number of piperidine rings is 1. The number of anilines is 1. The molecule has 0 atom stereocenters. The highest BCUT2D eigenvalue weighted by Crippen LogP contribution is 2.28. The molecule has 0 N–H and O–H groups in total. The van der Waals surface area contributed by atoms with Crippen molar-refractivity contribution >= 4 is 28.9 Å². The molecule has 1 heterocycles. The number of rotatable bonds is 7. The highest BCUT2D eigenvalue weighted by molar-refractivity contribution is 6.31. The molecular weight excluding hydrogens is 402 g/mol. The van der Waals surface area contributed by atoms with E-state index in [-0.39, 0.29) is 17.6 Å². The number of hydrogen-bond donors (Lipinski definition) is 0. The fourth-order valence-electron chi connectivity index (χ4n) is 3.97. The van der Waals surface area contributed by atoms with Crippen LogP contribution in [0, 0.1) is 17.0 Å². The lowest BCUT2D eigenvalue weighted by Crippen LogP contribution is -2.47. The summed E-state index contributed by atoms with van der Waals surface area (Å²) in [4.78, 5) is 27.8. The van der Waals surface area contributed by atoms with E-state index >= 15 is 0 Å². The second-order valence-electron chi connectivity index (χ2n) is 7.89. The number of carbonyl (C=O) groups excluding carboxylic acids is 1. The summed E-state index contributed by atoms with van der Waals surface area (Å²) >= 11 is 6.27. The summed E-state index contributed by atoms with van der Waals surface area (Å²) in [7, 11) is 0. The molecule has 0 aliphatic carbocycles. The minimum Gasteiger partial charge on any atom is -0.309 e. The molecule has 6 nitrogen and oxygen atoms in total. The summed E-state index contributed by atoms with van der Waals surface area (Å²) in [6.45, 7) is 6.26. The quantitative estimate of drug-likeness (QED) is 0.439. The van der Waals surface area contributed by atoms with Crippen LogP contribution in [0.5, 0.6) is 0 Å². The van der Waals surface area contributed by atoms with E-state index in [0.717, 1.165) is 43.6 Å². The van der Waals surface area contributed by atoms with Crippen LogP contribution < -0.4 is 4.90 Å². The Morgan fingerprint density at radius 3 is 2.47 bits per heavy atom.